The first-order chi connectivity index (χ1) is 42.5. The van der Waals surface area contributed by atoms with Gasteiger partial charge in [-0.05, 0) is 89.9 Å². The summed E-state index contributed by atoms with van der Waals surface area (Å²) in [6, 6.07) is 0. The molecule has 1 N–H and O–H groups in total. The lowest BCUT2D eigenvalue weighted by Crippen LogP contribution is -2.37. The van der Waals surface area contributed by atoms with E-state index in [0.717, 1.165) is 96.3 Å². The average molecular weight is 1230 g/mol. The third-order valence-corrected chi connectivity index (χ3v) is 16.2. The maximum absolute atomic E-state index is 12.9. The zero-order chi connectivity index (χ0) is 63.4. The number of phosphoric acid groups is 1. The van der Waals surface area contributed by atoms with Crippen LogP contribution in [-0.2, 0) is 32.7 Å². The summed E-state index contributed by atoms with van der Waals surface area (Å²) in [5.74, 6) is -0.845. The number of unbranched alkanes of at least 4 members (excludes halogenated alkanes) is 31. The average Bonchev–Trinajstić information content (AvgIpc) is 3.50. The van der Waals surface area contributed by atoms with Crippen molar-refractivity contribution in [1.29, 1.82) is 0 Å². The molecule has 0 bridgehead atoms. The molecule has 9 nitrogen and oxygen atoms in total. The van der Waals surface area contributed by atoms with Crippen molar-refractivity contribution in [2.45, 2.75) is 309 Å². The fourth-order valence-corrected chi connectivity index (χ4v) is 10.6. The minimum Gasteiger partial charge on any atom is -0.462 e. The molecular formula is C77H135NO8P+. The first-order valence-electron chi connectivity index (χ1n) is 35.8. The van der Waals surface area contributed by atoms with E-state index in [1.54, 1.807) is 0 Å². The molecule has 0 aromatic carbocycles. The van der Waals surface area contributed by atoms with Crippen LogP contribution in [-0.4, -0.2) is 74.9 Å². The van der Waals surface area contributed by atoms with Crippen LogP contribution in [0.3, 0.4) is 0 Å². The van der Waals surface area contributed by atoms with Gasteiger partial charge < -0.3 is 18.9 Å². The van der Waals surface area contributed by atoms with Gasteiger partial charge >= 0.3 is 19.8 Å². The monoisotopic (exact) mass is 1230 g/mol. The van der Waals surface area contributed by atoms with Gasteiger partial charge in [0.15, 0.2) is 6.10 Å². The minimum atomic E-state index is -4.41. The Bertz CT molecular complexity index is 1880. The summed E-state index contributed by atoms with van der Waals surface area (Å²) in [7, 11) is 1.44. The number of likely N-dealkylation sites (N-methyl/N-ethyl adjacent to an activating group) is 1. The van der Waals surface area contributed by atoms with E-state index in [4.69, 9.17) is 18.5 Å². The normalized spacial score (nSPS) is 13.9. The molecule has 0 fully saturated rings. The number of carbonyl (C=O) groups is 2. The van der Waals surface area contributed by atoms with E-state index in [1.807, 2.05) is 21.1 Å². The third kappa shape index (κ3) is 71.4. The number of phosphoric ester groups is 1. The van der Waals surface area contributed by atoms with Gasteiger partial charge in [-0.2, -0.15) is 0 Å². The van der Waals surface area contributed by atoms with Crippen LogP contribution in [0, 0.1) is 0 Å². The zero-order valence-electron chi connectivity index (χ0n) is 57.0. The molecule has 0 saturated heterocycles. The highest BCUT2D eigenvalue weighted by atomic mass is 31.2. The van der Waals surface area contributed by atoms with Crippen molar-refractivity contribution in [1.82, 2.24) is 0 Å². The standard InChI is InChI=1S/C77H134NO8P/c1-6-8-10-12-14-16-18-20-22-24-26-28-30-32-34-36-38-39-40-42-44-46-48-50-52-54-56-58-60-62-64-66-68-70-77(80)86-75(74-85-87(81,82)84-72-71-78(3,4)5)73-83-76(79)69-67-65-63-61-59-57-55-53-51-49-47-45-43-41-37-35-33-31-29-27-25-23-21-19-17-15-13-11-9-7-2/h8,10,14,16,20,22,26,28,32,34,38-39,42,44,48,50,54,56,60,62,75H,6-7,9,11-13,15,17-19,21,23-25,27,29-31,33,35-37,40-41,43,45-47,49,51-53,55,57-59,61,63-74H2,1-5H3/p+1/b10-8-,16-14-,22-20-,28-26-,34-32-,39-38-,44-42-,50-48-,56-54-,62-60-. The predicted octanol–water partition coefficient (Wildman–Crippen LogP) is 23.4. The van der Waals surface area contributed by atoms with Gasteiger partial charge in [0.2, 0.25) is 0 Å². The van der Waals surface area contributed by atoms with Crippen LogP contribution in [0.1, 0.15) is 303 Å². The lowest BCUT2D eigenvalue weighted by atomic mass is 10.0. The topological polar surface area (TPSA) is 108 Å². The van der Waals surface area contributed by atoms with Crippen molar-refractivity contribution < 1.29 is 42.1 Å². The highest BCUT2D eigenvalue weighted by molar-refractivity contribution is 7.47. The van der Waals surface area contributed by atoms with E-state index in [9.17, 15) is 19.0 Å². The first-order valence-corrected chi connectivity index (χ1v) is 37.3. The Balaban J connectivity index is 4.15. The maximum Gasteiger partial charge on any atom is 0.472 e. The van der Waals surface area contributed by atoms with Crippen LogP contribution < -0.4 is 0 Å². The van der Waals surface area contributed by atoms with Gasteiger partial charge in [0.25, 0.3) is 0 Å². The molecule has 0 aliphatic carbocycles. The molecule has 500 valence electrons. The van der Waals surface area contributed by atoms with Gasteiger partial charge in [-0.3, -0.25) is 18.6 Å². The lowest BCUT2D eigenvalue weighted by molar-refractivity contribution is -0.870. The van der Waals surface area contributed by atoms with Crippen LogP contribution >= 0.6 is 7.82 Å². The Morgan fingerprint density at radius 3 is 0.977 bits per heavy atom. The van der Waals surface area contributed by atoms with Crippen LogP contribution in [0.4, 0.5) is 0 Å². The molecule has 0 spiro atoms. The van der Waals surface area contributed by atoms with Crippen molar-refractivity contribution in [3.05, 3.63) is 122 Å². The molecule has 0 radical (unpaired) electrons. The fraction of sp³-hybridized carbons (Fsp3) is 0.714. The fourth-order valence-electron chi connectivity index (χ4n) is 9.81. The summed E-state index contributed by atoms with van der Waals surface area (Å²) >= 11 is 0. The predicted molar refractivity (Wildman–Crippen MR) is 376 cm³/mol. The molecule has 0 heterocycles. The first kappa shape index (κ1) is 83.4. The number of esters is 2. The number of nitrogens with zero attached hydrogens (tertiary/aromatic N) is 1. The summed E-state index contributed by atoms with van der Waals surface area (Å²) in [6.45, 7) is 4.30. The van der Waals surface area contributed by atoms with E-state index in [1.165, 1.54) is 173 Å². The Kier molecular flexibility index (Phi) is 64.1. The number of allylic oxidation sites excluding steroid dienone is 20. The number of quaternary nitrogens is 1. The largest absolute Gasteiger partial charge is 0.472 e. The molecule has 2 unspecified atom stereocenters. The van der Waals surface area contributed by atoms with Crippen molar-refractivity contribution in [3.8, 4) is 0 Å². The quantitative estimate of drug-likeness (QED) is 0.0211. The molecule has 0 aliphatic heterocycles. The molecule has 87 heavy (non-hydrogen) atoms. The van der Waals surface area contributed by atoms with Crippen molar-refractivity contribution in [3.63, 3.8) is 0 Å². The van der Waals surface area contributed by atoms with Crippen molar-refractivity contribution in [2.75, 3.05) is 47.5 Å². The SMILES string of the molecule is CC/C=C\C/C=C\C/C=C\C/C=C\C/C=C\C/C=C\C/C=C\C/C=C\C/C=C\C/C=C\CCCCC(=O)OC(COC(=O)CCCCCCCCCCCCCCCCCCCCCCCCCCCCCCCC)COP(=O)(O)OCC[N+](C)(C)C. The molecule has 0 aromatic heterocycles. The minimum absolute atomic E-state index is 0.0181. The molecule has 10 heteroatoms. The van der Waals surface area contributed by atoms with Gasteiger partial charge in [-0.15, -0.1) is 0 Å². The number of carbonyl (C=O) groups excluding carboxylic acids is 2. The molecule has 0 saturated carbocycles. The number of rotatable bonds is 65. The molecule has 0 rings (SSSR count). The van der Waals surface area contributed by atoms with Crippen LogP contribution in [0.2, 0.25) is 0 Å². The molecule has 2 atom stereocenters. The maximum atomic E-state index is 12.9. The highest BCUT2D eigenvalue weighted by Crippen LogP contribution is 2.43. The summed E-state index contributed by atoms with van der Waals surface area (Å²) in [4.78, 5) is 35.9. The molecule has 0 aromatic rings. The van der Waals surface area contributed by atoms with E-state index in [0.29, 0.717) is 17.4 Å². The number of hydrogen-bond donors (Lipinski definition) is 1. The summed E-state index contributed by atoms with van der Waals surface area (Å²) in [5.41, 5.74) is 0. The van der Waals surface area contributed by atoms with Crippen LogP contribution in [0.5, 0.6) is 0 Å². The zero-order valence-corrected chi connectivity index (χ0v) is 57.9. The van der Waals surface area contributed by atoms with Crippen LogP contribution in [0.25, 0.3) is 0 Å². The van der Waals surface area contributed by atoms with E-state index in [-0.39, 0.29) is 32.0 Å². The van der Waals surface area contributed by atoms with E-state index >= 15 is 0 Å². The van der Waals surface area contributed by atoms with Gasteiger partial charge in [0, 0.05) is 12.8 Å². The Hall–Kier alpha value is -3.59. The summed E-state index contributed by atoms with van der Waals surface area (Å²) in [5, 5.41) is 0. The number of hydrogen-bond acceptors (Lipinski definition) is 7. The van der Waals surface area contributed by atoms with Crippen molar-refractivity contribution in [2.24, 2.45) is 0 Å². The van der Waals surface area contributed by atoms with E-state index < -0.39 is 26.5 Å². The smallest absolute Gasteiger partial charge is 0.462 e. The third-order valence-electron chi connectivity index (χ3n) is 15.3. The van der Waals surface area contributed by atoms with Gasteiger partial charge in [-0.25, -0.2) is 4.57 Å². The second-order valence-corrected chi connectivity index (χ2v) is 26.4. The molecule has 0 aliphatic rings. The second-order valence-electron chi connectivity index (χ2n) is 24.9. The number of ether oxygens (including phenoxy) is 2. The van der Waals surface area contributed by atoms with Crippen molar-refractivity contribution >= 4 is 19.8 Å². The Morgan fingerprint density at radius 1 is 0.368 bits per heavy atom. The highest BCUT2D eigenvalue weighted by Gasteiger charge is 2.27. The van der Waals surface area contributed by atoms with Crippen LogP contribution in [0.15, 0.2) is 122 Å². The van der Waals surface area contributed by atoms with E-state index in [2.05, 4.69) is 135 Å². The van der Waals surface area contributed by atoms with Gasteiger partial charge in [0.05, 0.1) is 27.7 Å². The Morgan fingerprint density at radius 2 is 0.655 bits per heavy atom. The van der Waals surface area contributed by atoms with Gasteiger partial charge in [-0.1, -0.05) is 322 Å². The summed E-state index contributed by atoms with van der Waals surface area (Å²) in [6.07, 6.45) is 96.1. The molecular weight excluding hydrogens is 1100 g/mol. The lowest BCUT2D eigenvalue weighted by Gasteiger charge is -2.24. The Labute approximate surface area is 537 Å². The van der Waals surface area contributed by atoms with Gasteiger partial charge in [0.1, 0.15) is 19.8 Å². The molecule has 0 amide bonds. The summed E-state index contributed by atoms with van der Waals surface area (Å²) < 4.78 is 34.7. The second kappa shape index (κ2) is 66.8.